The number of nitrogens with one attached hydrogen (secondary N) is 1. The van der Waals surface area contributed by atoms with Gasteiger partial charge in [0.15, 0.2) is 11.6 Å². The normalized spacial score (nSPS) is 20.6. The minimum Gasteiger partial charge on any atom is -0.494 e. The summed E-state index contributed by atoms with van der Waals surface area (Å²) in [6.07, 6.45) is 1.65. The topological polar surface area (TPSA) is 78.9 Å². The number of hydrogen-bond acceptors (Lipinski definition) is 4. The van der Waals surface area contributed by atoms with Crippen molar-refractivity contribution in [3.05, 3.63) is 29.6 Å². The van der Waals surface area contributed by atoms with E-state index in [1.807, 2.05) is 0 Å². The number of β-amino-alcohol motifs (C(OH)–C–C–N with tert-alkyl or cyclic N) is 1. The number of halogens is 1. The van der Waals surface area contributed by atoms with Gasteiger partial charge in [-0.2, -0.15) is 0 Å². The van der Waals surface area contributed by atoms with Crippen LogP contribution in [0.3, 0.4) is 0 Å². The lowest BCUT2D eigenvalue weighted by atomic mass is 9.88. The number of benzene rings is 1. The van der Waals surface area contributed by atoms with E-state index >= 15 is 0 Å². The van der Waals surface area contributed by atoms with Crippen LogP contribution >= 0.6 is 0 Å². The molecule has 1 fully saturated rings. The molecule has 1 aliphatic heterocycles. The Balaban J connectivity index is 2.06. The summed E-state index contributed by atoms with van der Waals surface area (Å²) >= 11 is 0. The van der Waals surface area contributed by atoms with E-state index < -0.39 is 11.4 Å². The van der Waals surface area contributed by atoms with Crippen LogP contribution in [-0.4, -0.2) is 54.7 Å². The molecular formula is C17H23FN2O4. The Morgan fingerprint density at radius 1 is 1.46 bits per heavy atom. The lowest BCUT2D eigenvalue weighted by molar-refractivity contribution is -0.122. The molecule has 1 aromatic rings. The summed E-state index contributed by atoms with van der Waals surface area (Å²) in [7, 11) is 2.90. The van der Waals surface area contributed by atoms with Crippen molar-refractivity contribution in [3.63, 3.8) is 0 Å². The number of aliphatic hydroxyl groups is 1. The maximum atomic E-state index is 13.8. The Labute approximate surface area is 140 Å². The SMILES string of the molecule is CNC(=O)CC[C@@]1(O)CCCN(C(=O)c2ccc(OC)c(F)c2)C1. The van der Waals surface area contributed by atoms with Gasteiger partial charge in [0.05, 0.1) is 12.7 Å². The van der Waals surface area contributed by atoms with E-state index in [-0.39, 0.29) is 42.5 Å². The predicted octanol–water partition coefficient (Wildman–Crippen LogP) is 1.33. The number of likely N-dealkylation sites (tertiary alicyclic amines) is 1. The van der Waals surface area contributed by atoms with Gasteiger partial charge in [-0.3, -0.25) is 9.59 Å². The minimum atomic E-state index is -1.09. The van der Waals surface area contributed by atoms with Crippen molar-refractivity contribution in [2.45, 2.75) is 31.3 Å². The molecular weight excluding hydrogens is 315 g/mol. The van der Waals surface area contributed by atoms with Gasteiger partial charge in [0.1, 0.15) is 0 Å². The lowest BCUT2D eigenvalue weighted by Gasteiger charge is -2.39. The molecule has 1 heterocycles. The van der Waals surface area contributed by atoms with Crippen molar-refractivity contribution in [1.29, 1.82) is 0 Å². The standard InChI is InChI=1S/C17H23FN2O4/c1-19-15(21)6-8-17(23)7-3-9-20(11-17)16(22)12-4-5-14(24-2)13(18)10-12/h4-5,10,23H,3,6-9,11H2,1-2H3,(H,19,21)/t17-/m0/s1. The second kappa shape index (κ2) is 7.61. The molecule has 1 aromatic carbocycles. The fourth-order valence-corrected chi connectivity index (χ4v) is 2.94. The fraction of sp³-hybridized carbons (Fsp3) is 0.529. The van der Waals surface area contributed by atoms with Crippen molar-refractivity contribution in [1.82, 2.24) is 10.2 Å². The molecule has 1 aliphatic rings. The van der Waals surface area contributed by atoms with Crippen molar-refractivity contribution < 1.29 is 23.8 Å². The highest BCUT2D eigenvalue weighted by Gasteiger charge is 2.35. The Morgan fingerprint density at radius 2 is 2.21 bits per heavy atom. The Morgan fingerprint density at radius 3 is 2.83 bits per heavy atom. The third-order valence-corrected chi connectivity index (χ3v) is 4.34. The lowest BCUT2D eigenvalue weighted by Crippen LogP contribution is -2.50. The van der Waals surface area contributed by atoms with Crippen LogP contribution in [0.4, 0.5) is 4.39 Å². The molecule has 2 amide bonds. The molecule has 0 radical (unpaired) electrons. The molecule has 1 atom stereocenters. The van der Waals surface area contributed by atoms with Crippen LogP contribution in [-0.2, 0) is 4.79 Å². The maximum absolute atomic E-state index is 13.8. The average Bonchev–Trinajstić information content (AvgIpc) is 2.59. The van der Waals surface area contributed by atoms with Gasteiger partial charge in [0.25, 0.3) is 5.91 Å². The van der Waals surface area contributed by atoms with Crippen LogP contribution < -0.4 is 10.1 Å². The zero-order valence-electron chi connectivity index (χ0n) is 14.0. The maximum Gasteiger partial charge on any atom is 0.254 e. The van der Waals surface area contributed by atoms with Crippen LogP contribution in [0.1, 0.15) is 36.0 Å². The quantitative estimate of drug-likeness (QED) is 0.849. The molecule has 0 bridgehead atoms. The third-order valence-electron chi connectivity index (χ3n) is 4.34. The van der Waals surface area contributed by atoms with Gasteiger partial charge in [-0.05, 0) is 37.5 Å². The molecule has 7 heteroatoms. The summed E-state index contributed by atoms with van der Waals surface area (Å²) in [5.74, 6) is -1.01. The van der Waals surface area contributed by atoms with E-state index in [0.717, 1.165) is 6.07 Å². The van der Waals surface area contributed by atoms with Crippen LogP contribution in [0.5, 0.6) is 5.75 Å². The van der Waals surface area contributed by atoms with E-state index in [1.54, 1.807) is 7.05 Å². The number of hydrogen-bond donors (Lipinski definition) is 2. The predicted molar refractivity (Wildman–Crippen MR) is 86.3 cm³/mol. The first-order valence-corrected chi connectivity index (χ1v) is 7.94. The number of nitrogens with zero attached hydrogens (tertiary/aromatic N) is 1. The van der Waals surface area contributed by atoms with E-state index in [1.165, 1.54) is 24.1 Å². The summed E-state index contributed by atoms with van der Waals surface area (Å²) in [4.78, 5) is 25.4. The second-order valence-electron chi connectivity index (χ2n) is 6.08. The summed E-state index contributed by atoms with van der Waals surface area (Å²) in [6, 6.07) is 4.05. The van der Waals surface area contributed by atoms with Gasteiger partial charge in [0, 0.05) is 32.1 Å². The van der Waals surface area contributed by atoms with Gasteiger partial charge in [0.2, 0.25) is 5.91 Å². The number of amides is 2. The molecule has 6 nitrogen and oxygen atoms in total. The zero-order chi connectivity index (χ0) is 17.7. The van der Waals surface area contributed by atoms with Crippen molar-refractivity contribution in [2.24, 2.45) is 0 Å². The molecule has 2 N–H and O–H groups in total. The monoisotopic (exact) mass is 338 g/mol. The van der Waals surface area contributed by atoms with Crippen LogP contribution in [0.25, 0.3) is 0 Å². The average molecular weight is 338 g/mol. The highest BCUT2D eigenvalue weighted by atomic mass is 19.1. The molecule has 0 saturated carbocycles. The Kier molecular flexibility index (Phi) is 5.77. The molecule has 132 valence electrons. The molecule has 24 heavy (non-hydrogen) atoms. The summed E-state index contributed by atoms with van der Waals surface area (Å²) in [6.45, 7) is 0.630. The van der Waals surface area contributed by atoms with Crippen LogP contribution in [0.15, 0.2) is 18.2 Å². The van der Waals surface area contributed by atoms with Crippen LogP contribution in [0, 0.1) is 5.82 Å². The van der Waals surface area contributed by atoms with E-state index in [2.05, 4.69) is 5.32 Å². The van der Waals surface area contributed by atoms with Crippen LogP contribution in [0.2, 0.25) is 0 Å². The van der Waals surface area contributed by atoms with Gasteiger partial charge in [-0.15, -0.1) is 0 Å². The highest BCUT2D eigenvalue weighted by Crippen LogP contribution is 2.27. The van der Waals surface area contributed by atoms with Crippen molar-refractivity contribution in [2.75, 3.05) is 27.2 Å². The molecule has 0 aromatic heterocycles. The largest absolute Gasteiger partial charge is 0.494 e. The first-order chi connectivity index (χ1) is 11.4. The molecule has 0 unspecified atom stereocenters. The summed E-state index contributed by atoms with van der Waals surface area (Å²) < 4.78 is 18.6. The van der Waals surface area contributed by atoms with Gasteiger partial charge in [-0.25, -0.2) is 4.39 Å². The summed E-state index contributed by atoms with van der Waals surface area (Å²) in [5.41, 5.74) is -0.880. The number of ether oxygens (including phenoxy) is 1. The number of carbonyl (C=O) groups is 2. The summed E-state index contributed by atoms with van der Waals surface area (Å²) in [5, 5.41) is 13.2. The van der Waals surface area contributed by atoms with Crippen molar-refractivity contribution >= 4 is 11.8 Å². The molecule has 1 saturated heterocycles. The molecule has 0 spiro atoms. The third kappa shape index (κ3) is 4.23. The van der Waals surface area contributed by atoms with Gasteiger partial charge >= 0.3 is 0 Å². The number of methoxy groups -OCH3 is 1. The van der Waals surface area contributed by atoms with E-state index in [0.29, 0.717) is 19.4 Å². The van der Waals surface area contributed by atoms with Gasteiger partial charge < -0.3 is 20.1 Å². The first-order valence-electron chi connectivity index (χ1n) is 7.94. The van der Waals surface area contributed by atoms with Gasteiger partial charge in [-0.1, -0.05) is 0 Å². The number of carbonyl (C=O) groups excluding carboxylic acids is 2. The highest BCUT2D eigenvalue weighted by molar-refractivity contribution is 5.94. The fourth-order valence-electron chi connectivity index (χ4n) is 2.94. The zero-order valence-corrected chi connectivity index (χ0v) is 14.0. The molecule has 2 rings (SSSR count). The molecule has 0 aliphatic carbocycles. The minimum absolute atomic E-state index is 0.0762. The van der Waals surface area contributed by atoms with Crippen molar-refractivity contribution in [3.8, 4) is 5.75 Å². The first kappa shape index (κ1) is 18.2. The Bertz CT molecular complexity index is 623. The van der Waals surface area contributed by atoms with E-state index in [4.69, 9.17) is 4.74 Å². The Hall–Kier alpha value is -2.15. The number of piperidine rings is 1. The van der Waals surface area contributed by atoms with E-state index in [9.17, 15) is 19.1 Å². The second-order valence-corrected chi connectivity index (χ2v) is 6.08. The smallest absolute Gasteiger partial charge is 0.254 e. The number of rotatable bonds is 5.